The standard InChI is InChI=1S/C27H18F2N8O/c28-16-3-1-2-14(8-16)18-6-7-31-25-23(18)34-26(35-25)24-20-19(36-37-24)12-32-22(21(20)29)15-9-17(11-30-10-15)33-27(38)13-4-5-13/h1-3,6-13H,4-5H2,(H,33,38)(H,36,37)(H,31,34,35). The Bertz CT molecular complexity index is 1870. The average Bonchev–Trinajstić information content (AvgIpc) is 3.54. The van der Waals surface area contributed by atoms with Crippen molar-refractivity contribution in [3.05, 3.63) is 72.8 Å². The fourth-order valence-electron chi connectivity index (χ4n) is 4.50. The minimum atomic E-state index is -0.613. The summed E-state index contributed by atoms with van der Waals surface area (Å²) in [4.78, 5) is 32.6. The lowest BCUT2D eigenvalue weighted by Gasteiger charge is -2.07. The molecule has 1 aromatic carbocycles. The third kappa shape index (κ3) is 3.76. The Hall–Kier alpha value is -5.06. The van der Waals surface area contributed by atoms with Crippen LogP contribution in [-0.2, 0) is 4.79 Å². The third-order valence-electron chi connectivity index (χ3n) is 6.52. The second kappa shape index (κ2) is 8.51. The van der Waals surface area contributed by atoms with Crippen LogP contribution >= 0.6 is 0 Å². The number of hydrogen-bond donors (Lipinski definition) is 3. The number of carbonyl (C=O) groups excluding carboxylic acids is 1. The Labute approximate surface area is 213 Å². The first-order chi connectivity index (χ1) is 18.5. The first-order valence-electron chi connectivity index (χ1n) is 11.9. The molecule has 1 aliphatic carbocycles. The highest BCUT2D eigenvalue weighted by Gasteiger charge is 2.29. The molecular weight excluding hydrogens is 490 g/mol. The zero-order valence-corrected chi connectivity index (χ0v) is 19.7. The summed E-state index contributed by atoms with van der Waals surface area (Å²) in [7, 11) is 0. The topological polar surface area (TPSA) is 125 Å². The highest BCUT2D eigenvalue weighted by Crippen LogP contribution is 2.35. The van der Waals surface area contributed by atoms with E-state index in [0.717, 1.165) is 12.8 Å². The number of aromatic amines is 2. The van der Waals surface area contributed by atoms with Gasteiger partial charge in [-0.25, -0.2) is 18.7 Å². The molecule has 38 heavy (non-hydrogen) atoms. The molecule has 0 aliphatic heterocycles. The number of nitrogens with one attached hydrogen (secondary N) is 3. The normalized spacial score (nSPS) is 13.3. The summed E-state index contributed by atoms with van der Waals surface area (Å²) in [6, 6.07) is 9.60. The number of halogens is 2. The van der Waals surface area contributed by atoms with Crippen molar-refractivity contribution in [3.8, 4) is 33.9 Å². The highest BCUT2D eigenvalue weighted by atomic mass is 19.1. The Morgan fingerprint density at radius 2 is 1.89 bits per heavy atom. The molecule has 1 aliphatic rings. The molecule has 3 N–H and O–H groups in total. The third-order valence-corrected chi connectivity index (χ3v) is 6.52. The molecule has 5 heterocycles. The molecule has 7 rings (SSSR count). The smallest absolute Gasteiger partial charge is 0.227 e. The van der Waals surface area contributed by atoms with Gasteiger partial charge in [0.25, 0.3) is 0 Å². The Kier molecular flexibility index (Phi) is 4.96. The lowest BCUT2D eigenvalue weighted by atomic mass is 10.1. The van der Waals surface area contributed by atoms with E-state index in [1.807, 2.05) is 0 Å². The summed E-state index contributed by atoms with van der Waals surface area (Å²) in [5.41, 5.74) is 3.88. The van der Waals surface area contributed by atoms with Crippen LogP contribution in [0.25, 0.3) is 56.0 Å². The van der Waals surface area contributed by atoms with E-state index in [1.165, 1.54) is 30.7 Å². The molecule has 0 unspecified atom stereocenters. The first-order valence-corrected chi connectivity index (χ1v) is 11.9. The van der Waals surface area contributed by atoms with Gasteiger partial charge in [0, 0.05) is 29.4 Å². The lowest BCUT2D eigenvalue weighted by molar-refractivity contribution is -0.117. The maximum Gasteiger partial charge on any atom is 0.227 e. The van der Waals surface area contributed by atoms with Crippen molar-refractivity contribution in [1.82, 2.24) is 35.1 Å². The first kappa shape index (κ1) is 22.2. The summed E-state index contributed by atoms with van der Waals surface area (Å²) in [6.07, 6.45) is 7.81. The maximum absolute atomic E-state index is 16.0. The van der Waals surface area contributed by atoms with Crippen molar-refractivity contribution >= 4 is 33.7 Å². The van der Waals surface area contributed by atoms with E-state index >= 15 is 4.39 Å². The highest BCUT2D eigenvalue weighted by molar-refractivity contribution is 5.98. The van der Waals surface area contributed by atoms with Crippen LogP contribution in [0.15, 0.2) is 61.2 Å². The molecule has 0 saturated heterocycles. The van der Waals surface area contributed by atoms with E-state index in [-0.39, 0.29) is 34.4 Å². The van der Waals surface area contributed by atoms with Crippen LogP contribution in [0.4, 0.5) is 14.5 Å². The van der Waals surface area contributed by atoms with Gasteiger partial charge >= 0.3 is 0 Å². The van der Waals surface area contributed by atoms with Gasteiger partial charge in [0.2, 0.25) is 5.91 Å². The molecule has 6 aromatic rings. The molecule has 9 nitrogen and oxygen atoms in total. The summed E-state index contributed by atoms with van der Waals surface area (Å²) in [6.45, 7) is 0. The van der Waals surface area contributed by atoms with Gasteiger partial charge in [-0.1, -0.05) is 12.1 Å². The molecule has 186 valence electrons. The number of hydrogen-bond acceptors (Lipinski definition) is 6. The fourth-order valence-corrected chi connectivity index (χ4v) is 4.50. The summed E-state index contributed by atoms with van der Waals surface area (Å²) in [5.74, 6) is -0.725. The van der Waals surface area contributed by atoms with Crippen molar-refractivity contribution in [2.45, 2.75) is 12.8 Å². The molecule has 5 aromatic heterocycles. The molecule has 0 bridgehead atoms. The predicted octanol–water partition coefficient (Wildman–Crippen LogP) is 5.25. The second-order valence-corrected chi connectivity index (χ2v) is 9.16. The number of benzene rings is 1. The molecule has 0 radical (unpaired) electrons. The van der Waals surface area contributed by atoms with Crippen LogP contribution in [0, 0.1) is 17.6 Å². The fraction of sp³-hybridized carbons (Fsp3) is 0.111. The van der Waals surface area contributed by atoms with Gasteiger partial charge in [-0.05, 0) is 42.7 Å². The predicted molar refractivity (Wildman–Crippen MR) is 137 cm³/mol. The number of H-pyrrole nitrogens is 2. The molecule has 11 heteroatoms. The van der Waals surface area contributed by atoms with Gasteiger partial charge in [-0.2, -0.15) is 5.10 Å². The molecule has 1 fully saturated rings. The lowest BCUT2D eigenvalue weighted by Crippen LogP contribution is -2.13. The molecular formula is C27H18F2N8O. The largest absolute Gasteiger partial charge is 0.335 e. The molecule has 0 atom stereocenters. The molecule has 0 spiro atoms. The van der Waals surface area contributed by atoms with Crippen LogP contribution in [-0.4, -0.2) is 41.0 Å². The number of aromatic nitrogens is 7. The van der Waals surface area contributed by atoms with E-state index in [4.69, 9.17) is 0 Å². The van der Waals surface area contributed by atoms with Gasteiger partial charge in [0.15, 0.2) is 17.3 Å². The zero-order valence-electron chi connectivity index (χ0n) is 19.7. The van der Waals surface area contributed by atoms with Crippen LogP contribution in [0.3, 0.4) is 0 Å². The Morgan fingerprint density at radius 3 is 2.74 bits per heavy atom. The van der Waals surface area contributed by atoms with E-state index in [2.05, 4.69) is 40.4 Å². The Morgan fingerprint density at radius 1 is 1.00 bits per heavy atom. The average molecular weight is 508 g/mol. The van der Waals surface area contributed by atoms with Gasteiger partial charge in [-0.3, -0.25) is 19.9 Å². The summed E-state index contributed by atoms with van der Waals surface area (Å²) in [5, 5.41) is 10.1. The number of pyridine rings is 3. The van der Waals surface area contributed by atoms with Crippen LogP contribution in [0.2, 0.25) is 0 Å². The van der Waals surface area contributed by atoms with Crippen LogP contribution in [0.1, 0.15) is 12.8 Å². The van der Waals surface area contributed by atoms with E-state index in [9.17, 15) is 9.18 Å². The molecule has 1 amide bonds. The molecule has 1 saturated carbocycles. The van der Waals surface area contributed by atoms with Gasteiger partial charge in [0.05, 0.1) is 34.5 Å². The summed E-state index contributed by atoms with van der Waals surface area (Å²) < 4.78 is 29.8. The number of rotatable bonds is 5. The maximum atomic E-state index is 16.0. The number of carbonyl (C=O) groups is 1. The quantitative estimate of drug-likeness (QED) is 0.292. The van der Waals surface area contributed by atoms with Gasteiger partial charge < -0.3 is 10.3 Å². The van der Waals surface area contributed by atoms with E-state index in [0.29, 0.717) is 44.9 Å². The number of nitrogens with zero attached hydrogens (tertiary/aromatic N) is 5. The second-order valence-electron chi connectivity index (χ2n) is 9.16. The van der Waals surface area contributed by atoms with Crippen LogP contribution < -0.4 is 5.32 Å². The van der Waals surface area contributed by atoms with Gasteiger partial charge in [0.1, 0.15) is 17.2 Å². The number of imidazole rings is 1. The van der Waals surface area contributed by atoms with Crippen molar-refractivity contribution < 1.29 is 13.6 Å². The van der Waals surface area contributed by atoms with Crippen molar-refractivity contribution in [1.29, 1.82) is 0 Å². The van der Waals surface area contributed by atoms with E-state index < -0.39 is 5.82 Å². The van der Waals surface area contributed by atoms with Crippen LogP contribution in [0.5, 0.6) is 0 Å². The van der Waals surface area contributed by atoms with Crippen molar-refractivity contribution in [2.75, 3.05) is 5.32 Å². The Balaban J connectivity index is 1.32. The minimum Gasteiger partial charge on any atom is -0.335 e. The number of anilines is 1. The number of amides is 1. The van der Waals surface area contributed by atoms with E-state index in [1.54, 1.807) is 30.5 Å². The SMILES string of the molecule is O=C(Nc1cncc(-c2ncc3[nH]nc(-c4nc5nccc(-c6cccc(F)c6)c5[nH]4)c3c2F)c1)C1CC1. The summed E-state index contributed by atoms with van der Waals surface area (Å²) >= 11 is 0. The van der Waals surface area contributed by atoms with Crippen molar-refractivity contribution in [3.63, 3.8) is 0 Å². The monoisotopic (exact) mass is 508 g/mol. The zero-order chi connectivity index (χ0) is 25.8. The minimum absolute atomic E-state index is 0.0260. The number of fused-ring (bicyclic) bond motifs is 2. The van der Waals surface area contributed by atoms with Gasteiger partial charge in [-0.15, -0.1) is 0 Å². The van der Waals surface area contributed by atoms with Crippen molar-refractivity contribution in [2.24, 2.45) is 5.92 Å².